The van der Waals surface area contributed by atoms with E-state index < -0.39 is 0 Å². The fraction of sp³-hybridized carbons (Fsp3) is 0.320. The first-order valence-corrected chi connectivity index (χ1v) is 9.99. The molecule has 2 heteroatoms. The average molecular weight is 360 g/mol. The highest BCUT2D eigenvalue weighted by atomic mass is 16.5. The maximum atomic E-state index is 5.75. The molecule has 140 valence electrons. The Balaban J connectivity index is 1.68. The van der Waals surface area contributed by atoms with Crippen molar-refractivity contribution >= 4 is 0 Å². The van der Waals surface area contributed by atoms with E-state index in [0.717, 1.165) is 37.3 Å². The quantitative estimate of drug-likeness (QED) is 0.420. The third-order valence-electron chi connectivity index (χ3n) is 5.06. The van der Waals surface area contributed by atoms with E-state index in [-0.39, 0.29) is 0 Å². The Morgan fingerprint density at radius 2 is 1.52 bits per heavy atom. The molecule has 0 fully saturated rings. The predicted octanol–water partition coefficient (Wildman–Crippen LogP) is 6.64. The molecule has 0 aliphatic carbocycles. The number of benzene rings is 2. The summed E-state index contributed by atoms with van der Waals surface area (Å²) in [6.07, 6.45) is 5.27. The van der Waals surface area contributed by atoms with Crippen LogP contribution in [0.15, 0.2) is 66.9 Å². The van der Waals surface area contributed by atoms with Gasteiger partial charge in [-0.25, -0.2) is 0 Å². The molecule has 0 saturated heterocycles. The van der Waals surface area contributed by atoms with Gasteiger partial charge in [-0.05, 0) is 53.3 Å². The molecular formula is C25H29NO. The summed E-state index contributed by atoms with van der Waals surface area (Å²) in [5, 5.41) is 0. The van der Waals surface area contributed by atoms with Crippen molar-refractivity contribution in [1.29, 1.82) is 0 Å². The molecule has 3 aromatic rings. The van der Waals surface area contributed by atoms with Crippen LogP contribution < -0.4 is 4.74 Å². The number of rotatable bonds is 8. The van der Waals surface area contributed by atoms with E-state index in [2.05, 4.69) is 86.4 Å². The van der Waals surface area contributed by atoms with Gasteiger partial charge in [-0.1, -0.05) is 69.7 Å². The molecule has 1 atom stereocenters. The molecule has 0 radical (unpaired) electrons. The number of hydrogen-bond donors (Lipinski definition) is 0. The molecule has 0 aliphatic rings. The van der Waals surface area contributed by atoms with Gasteiger partial charge >= 0.3 is 0 Å². The Labute approximate surface area is 163 Å². The molecule has 3 rings (SSSR count). The molecule has 27 heavy (non-hydrogen) atoms. The highest BCUT2D eigenvalue weighted by Gasteiger charge is 2.10. The zero-order chi connectivity index (χ0) is 19.1. The molecule has 0 N–H and O–H groups in total. The van der Waals surface area contributed by atoms with Crippen LogP contribution in [0.1, 0.15) is 56.4 Å². The second-order valence-electron chi connectivity index (χ2n) is 7.01. The zero-order valence-electron chi connectivity index (χ0n) is 16.6. The first-order valence-electron chi connectivity index (χ1n) is 9.99. The first-order chi connectivity index (χ1) is 13.2. The van der Waals surface area contributed by atoms with Crippen molar-refractivity contribution in [3.8, 4) is 16.9 Å². The first kappa shape index (κ1) is 19.2. The van der Waals surface area contributed by atoms with Crippen LogP contribution >= 0.6 is 0 Å². The summed E-state index contributed by atoms with van der Waals surface area (Å²) in [4.78, 5) is 4.63. The van der Waals surface area contributed by atoms with Crippen LogP contribution in [-0.4, -0.2) is 11.6 Å². The molecule has 0 aliphatic heterocycles. The van der Waals surface area contributed by atoms with Crippen LogP contribution in [0.2, 0.25) is 0 Å². The molecule has 0 spiro atoms. The van der Waals surface area contributed by atoms with Gasteiger partial charge in [0, 0.05) is 17.8 Å². The van der Waals surface area contributed by atoms with Gasteiger partial charge in [-0.15, -0.1) is 0 Å². The number of nitrogens with zero attached hydrogens (tertiary/aromatic N) is 1. The molecule has 0 saturated carbocycles. The lowest BCUT2D eigenvalue weighted by Crippen LogP contribution is -1.99. The van der Waals surface area contributed by atoms with Crippen LogP contribution in [0.3, 0.4) is 0 Å². The van der Waals surface area contributed by atoms with Crippen molar-refractivity contribution in [3.63, 3.8) is 0 Å². The normalized spacial score (nSPS) is 12.0. The molecule has 1 aromatic heterocycles. The predicted molar refractivity (Wildman–Crippen MR) is 113 cm³/mol. The van der Waals surface area contributed by atoms with E-state index >= 15 is 0 Å². The van der Waals surface area contributed by atoms with Crippen molar-refractivity contribution < 1.29 is 4.74 Å². The number of pyridine rings is 1. The Morgan fingerprint density at radius 1 is 0.852 bits per heavy atom. The number of ether oxygens (including phenoxy) is 1. The molecule has 0 amide bonds. The Morgan fingerprint density at radius 3 is 2.07 bits per heavy atom. The number of aromatic nitrogens is 1. The SMILES string of the molecule is CCCCOc1ccc(-c2ccc(C(C)c3ccc(CC)cn3)cc2)cc1. The largest absolute Gasteiger partial charge is 0.494 e. The lowest BCUT2D eigenvalue weighted by molar-refractivity contribution is 0.309. The molecular weight excluding hydrogens is 330 g/mol. The topological polar surface area (TPSA) is 22.1 Å². The summed E-state index contributed by atoms with van der Waals surface area (Å²) in [5.74, 6) is 1.23. The molecule has 2 nitrogen and oxygen atoms in total. The van der Waals surface area contributed by atoms with Gasteiger partial charge in [0.05, 0.1) is 6.61 Å². The van der Waals surface area contributed by atoms with Crippen LogP contribution in [0.25, 0.3) is 11.1 Å². The Kier molecular flexibility index (Phi) is 6.64. The van der Waals surface area contributed by atoms with E-state index in [0.29, 0.717) is 5.92 Å². The minimum atomic E-state index is 0.291. The number of hydrogen-bond acceptors (Lipinski definition) is 2. The van der Waals surface area contributed by atoms with Gasteiger partial charge < -0.3 is 4.74 Å². The second-order valence-corrected chi connectivity index (χ2v) is 7.01. The van der Waals surface area contributed by atoms with E-state index in [1.165, 1.54) is 22.3 Å². The van der Waals surface area contributed by atoms with Gasteiger partial charge in [-0.3, -0.25) is 4.98 Å². The summed E-state index contributed by atoms with van der Waals surface area (Å²) in [5.41, 5.74) is 6.12. The van der Waals surface area contributed by atoms with E-state index in [1.807, 2.05) is 6.20 Å². The third-order valence-corrected chi connectivity index (χ3v) is 5.06. The average Bonchev–Trinajstić information content (AvgIpc) is 2.74. The smallest absolute Gasteiger partial charge is 0.119 e. The minimum absolute atomic E-state index is 0.291. The number of aryl methyl sites for hydroxylation is 1. The summed E-state index contributed by atoms with van der Waals surface area (Å²) < 4.78 is 5.75. The van der Waals surface area contributed by atoms with E-state index in [9.17, 15) is 0 Å². The third kappa shape index (κ3) is 4.97. The van der Waals surface area contributed by atoms with Gasteiger partial charge in [0.15, 0.2) is 0 Å². The molecule has 1 unspecified atom stereocenters. The van der Waals surface area contributed by atoms with E-state index in [4.69, 9.17) is 4.74 Å². The molecule has 2 aromatic carbocycles. The Bertz CT molecular complexity index is 820. The fourth-order valence-corrected chi connectivity index (χ4v) is 3.11. The molecule has 1 heterocycles. The van der Waals surface area contributed by atoms with Gasteiger partial charge in [-0.2, -0.15) is 0 Å². The lowest BCUT2D eigenvalue weighted by atomic mass is 9.94. The second kappa shape index (κ2) is 9.36. The molecule has 0 bridgehead atoms. The maximum absolute atomic E-state index is 5.75. The van der Waals surface area contributed by atoms with Crippen LogP contribution in [0.5, 0.6) is 5.75 Å². The van der Waals surface area contributed by atoms with Crippen LogP contribution in [0.4, 0.5) is 0 Å². The summed E-state index contributed by atoms with van der Waals surface area (Å²) in [6.45, 7) is 7.33. The summed E-state index contributed by atoms with van der Waals surface area (Å²) >= 11 is 0. The highest BCUT2D eigenvalue weighted by molar-refractivity contribution is 5.64. The van der Waals surface area contributed by atoms with Crippen molar-refractivity contribution in [2.75, 3.05) is 6.61 Å². The standard InChI is InChI=1S/C25H29NO/c1-4-6-17-27-24-14-12-23(13-15-24)22-10-8-21(9-11-22)19(3)25-16-7-20(5-2)18-26-25/h7-16,18-19H,4-6,17H2,1-3H3. The number of unbranched alkanes of at least 4 members (excludes halogenated alkanes) is 1. The van der Waals surface area contributed by atoms with Crippen LogP contribution in [-0.2, 0) is 6.42 Å². The van der Waals surface area contributed by atoms with Crippen molar-refractivity contribution in [2.24, 2.45) is 0 Å². The fourth-order valence-electron chi connectivity index (χ4n) is 3.11. The Hall–Kier alpha value is -2.61. The minimum Gasteiger partial charge on any atom is -0.494 e. The lowest BCUT2D eigenvalue weighted by Gasteiger charge is -2.13. The highest BCUT2D eigenvalue weighted by Crippen LogP contribution is 2.27. The van der Waals surface area contributed by atoms with Gasteiger partial charge in [0.1, 0.15) is 5.75 Å². The maximum Gasteiger partial charge on any atom is 0.119 e. The van der Waals surface area contributed by atoms with Gasteiger partial charge in [0.2, 0.25) is 0 Å². The van der Waals surface area contributed by atoms with Crippen molar-refractivity contribution in [3.05, 3.63) is 83.7 Å². The van der Waals surface area contributed by atoms with Crippen molar-refractivity contribution in [1.82, 2.24) is 4.98 Å². The summed E-state index contributed by atoms with van der Waals surface area (Å²) in [7, 11) is 0. The summed E-state index contributed by atoms with van der Waals surface area (Å²) in [6, 6.07) is 21.5. The zero-order valence-corrected chi connectivity index (χ0v) is 16.6. The van der Waals surface area contributed by atoms with Gasteiger partial charge in [0.25, 0.3) is 0 Å². The van der Waals surface area contributed by atoms with Crippen LogP contribution in [0, 0.1) is 0 Å². The van der Waals surface area contributed by atoms with E-state index in [1.54, 1.807) is 0 Å². The monoisotopic (exact) mass is 359 g/mol. The van der Waals surface area contributed by atoms with Crippen molar-refractivity contribution in [2.45, 2.75) is 46.0 Å².